The quantitative estimate of drug-likeness (QED) is 0.594. The lowest BCUT2D eigenvalue weighted by Gasteiger charge is -2.33. The van der Waals surface area contributed by atoms with Crippen LogP contribution in [0.15, 0.2) is 0 Å². The van der Waals surface area contributed by atoms with Crippen LogP contribution in [0.25, 0.3) is 0 Å². The zero-order chi connectivity index (χ0) is 15.5. The second-order valence-corrected chi connectivity index (χ2v) is 6.29. The van der Waals surface area contributed by atoms with Crippen LogP contribution in [0.5, 0.6) is 0 Å². The molecule has 6 heteroatoms. The van der Waals surface area contributed by atoms with Crippen molar-refractivity contribution in [2.45, 2.75) is 57.9 Å². The van der Waals surface area contributed by atoms with E-state index in [1.54, 1.807) is 0 Å². The molecule has 0 aromatic rings. The van der Waals surface area contributed by atoms with Gasteiger partial charge in [-0.1, -0.05) is 20.3 Å². The van der Waals surface area contributed by atoms with E-state index < -0.39 is 11.6 Å². The summed E-state index contributed by atoms with van der Waals surface area (Å²) in [6.07, 6.45) is 5.10. The average Bonchev–Trinajstić information content (AvgIpc) is 2.67. The molecule has 0 unspecified atom stereocenters. The van der Waals surface area contributed by atoms with Crippen molar-refractivity contribution in [2.24, 2.45) is 5.92 Å². The van der Waals surface area contributed by atoms with E-state index in [2.05, 4.69) is 17.6 Å². The predicted octanol–water partition coefficient (Wildman–Crippen LogP) is 1.40. The number of unbranched alkanes of at least 4 members (excludes halogenated alkanes) is 1. The highest BCUT2D eigenvalue weighted by molar-refractivity contribution is 6.09. The Morgan fingerprint density at radius 2 is 2.05 bits per heavy atom. The lowest BCUT2D eigenvalue weighted by Crippen LogP contribution is -2.49. The maximum atomic E-state index is 12.5. The molecule has 0 bridgehead atoms. The number of amides is 4. The number of rotatable bonds is 5. The summed E-state index contributed by atoms with van der Waals surface area (Å²) in [7, 11) is 0. The third kappa shape index (κ3) is 3.36. The Bertz CT molecular complexity index is 428. The molecule has 1 aliphatic heterocycles. The van der Waals surface area contributed by atoms with Crippen LogP contribution in [0.4, 0.5) is 4.79 Å². The number of imide groups is 1. The van der Waals surface area contributed by atoms with Crippen LogP contribution in [-0.2, 0) is 9.59 Å². The van der Waals surface area contributed by atoms with Crippen LogP contribution >= 0.6 is 0 Å². The van der Waals surface area contributed by atoms with Gasteiger partial charge in [0.05, 0.1) is 0 Å². The fourth-order valence-electron chi connectivity index (χ4n) is 3.02. The zero-order valence-electron chi connectivity index (χ0n) is 12.9. The van der Waals surface area contributed by atoms with Gasteiger partial charge in [0, 0.05) is 6.54 Å². The second-order valence-electron chi connectivity index (χ2n) is 6.29. The molecule has 1 saturated carbocycles. The average molecular weight is 295 g/mol. The van der Waals surface area contributed by atoms with Crippen LogP contribution in [0.2, 0.25) is 0 Å². The van der Waals surface area contributed by atoms with Crippen molar-refractivity contribution in [1.29, 1.82) is 0 Å². The van der Waals surface area contributed by atoms with E-state index in [1.165, 1.54) is 0 Å². The molecular weight excluding hydrogens is 270 g/mol. The van der Waals surface area contributed by atoms with Crippen molar-refractivity contribution in [2.75, 3.05) is 13.1 Å². The number of nitrogens with one attached hydrogen (secondary N) is 2. The molecule has 2 fully saturated rings. The van der Waals surface area contributed by atoms with Gasteiger partial charge in [-0.25, -0.2) is 4.79 Å². The Labute approximate surface area is 125 Å². The molecule has 21 heavy (non-hydrogen) atoms. The van der Waals surface area contributed by atoms with Crippen molar-refractivity contribution in [3.05, 3.63) is 0 Å². The van der Waals surface area contributed by atoms with Gasteiger partial charge in [-0.2, -0.15) is 0 Å². The van der Waals surface area contributed by atoms with Gasteiger partial charge in [0.2, 0.25) is 5.91 Å². The molecular formula is C15H25N3O3. The molecule has 6 nitrogen and oxygen atoms in total. The summed E-state index contributed by atoms with van der Waals surface area (Å²) in [5.74, 6) is 0.0879. The largest absolute Gasteiger partial charge is 0.355 e. The highest BCUT2D eigenvalue weighted by atomic mass is 16.2. The molecule has 1 spiro atoms. The molecule has 1 heterocycles. The standard InChI is InChI=1S/C15H25N3O3/c1-3-4-9-16-12(19)10-18-13(20)15(17-14(18)21)7-5-11(2)6-8-15/h11H,3-10H2,1-2H3,(H,16,19)(H,17,21). The third-order valence-electron chi connectivity index (χ3n) is 4.53. The van der Waals surface area contributed by atoms with Crippen LogP contribution < -0.4 is 10.6 Å². The molecule has 0 aromatic carbocycles. The zero-order valence-corrected chi connectivity index (χ0v) is 12.9. The summed E-state index contributed by atoms with van der Waals surface area (Å²) < 4.78 is 0. The van der Waals surface area contributed by atoms with Gasteiger partial charge in [-0.05, 0) is 38.0 Å². The summed E-state index contributed by atoms with van der Waals surface area (Å²) in [6.45, 7) is 4.61. The normalized spacial score (nSPS) is 28.9. The first-order valence-corrected chi connectivity index (χ1v) is 7.89. The molecule has 2 aliphatic rings. The number of hydrogen-bond donors (Lipinski definition) is 2. The van der Waals surface area contributed by atoms with Crippen LogP contribution in [-0.4, -0.2) is 41.4 Å². The highest BCUT2D eigenvalue weighted by Crippen LogP contribution is 2.36. The summed E-state index contributed by atoms with van der Waals surface area (Å²) in [6, 6.07) is -0.430. The third-order valence-corrected chi connectivity index (χ3v) is 4.53. The van der Waals surface area contributed by atoms with Crippen molar-refractivity contribution in [1.82, 2.24) is 15.5 Å². The Morgan fingerprint density at radius 3 is 2.67 bits per heavy atom. The van der Waals surface area contributed by atoms with E-state index in [0.717, 1.165) is 30.6 Å². The van der Waals surface area contributed by atoms with Crippen LogP contribution in [0.1, 0.15) is 52.4 Å². The number of urea groups is 1. The first kappa shape index (κ1) is 15.8. The Morgan fingerprint density at radius 1 is 1.38 bits per heavy atom. The van der Waals surface area contributed by atoms with Crippen molar-refractivity contribution in [3.8, 4) is 0 Å². The highest BCUT2D eigenvalue weighted by Gasteiger charge is 2.52. The molecule has 2 rings (SSSR count). The summed E-state index contributed by atoms with van der Waals surface area (Å²) in [4.78, 5) is 37.4. The topological polar surface area (TPSA) is 78.5 Å². The van der Waals surface area contributed by atoms with Gasteiger partial charge in [0.15, 0.2) is 0 Å². The monoisotopic (exact) mass is 295 g/mol. The number of nitrogens with zero attached hydrogens (tertiary/aromatic N) is 1. The van der Waals surface area contributed by atoms with E-state index in [9.17, 15) is 14.4 Å². The number of carbonyl (C=O) groups is 3. The lowest BCUT2D eigenvalue weighted by atomic mass is 9.77. The van der Waals surface area contributed by atoms with E-state index in [-0.39, 0.29) is 18.4 Å². The molecule has 1 aliphatic carbocycles. The molecule has 0 radical (unpaired) electrons. The minimum absolute atomic E-state index is 0.175. The number of carbonyl (C=O) groups excluding carboxylic acids is 3. The summed E-state index contributed by atoms with van der Waals surface area (Å²) in [5.41, 5.74) is -0.757. The second kappa shape index (κ2) is 6.45. The van der Waals surface area contributed by atoms with Crippen LogP contribution in [0.3, 0.4) is 0 Å². The van der Waals surface area contributed by atoms with Crippen molar-refractivity contribution >= 4 is 17.8 Å². The fourth-order valence-corrected chi connectivity index (χ4v) is 3.02. The minimum atomic E-state index is -0.757. The van der Waals surface area contributed by atoms with Crippen LogP contribution in [0, 0.1) is 5.92 Å². The first-order valence-electron chi connectivity index (χ1n) is 7.89. The molecule has 0 aromatic heterocycles. The van der Waals surface area contributed by atoms with E-state index >= 15 is 0 Å². The van der Waals surface area contributed by atoms with Gasteiger partial charge >= 0.3 is 6.03 Å². The Hall–Kier alpha value is -1.59. The van der Waals surface area contributed by atoms with E-state index in [1.807, 2.05) is 6.92 Å². The lowest BCUT2D eigenvalue weighted by molar-refractivity contribution is -0.136. The number of hydrogen-bond acceptors (Lipinski definition) is 3. The smallest absolute Gasteiger partial charge is 0.325 e. The van der Waals surface area contributed by atoms with Gasteiger partial charge in [0.25, 0.3) is 5.91 Å². The molecule has 1 saturated heterocycles. The summed E-state index contributed by atoms with van der Waals surface area (Å²) in [5, 5.41) is 5.56. The maximum Gasteiger partial charge on any atom is 0.325 e. The van der Waals surface area contributed by atoms with E-state index in [4.69, 9.17) is 0 Å². The Kier molecular flexibility index (Phi) is 4.85. The van der Waals surface area contributed by atoms with Gasteiger partial charge < -0.3 is 10.6 Å². The molecule has 118 valence electrons. The molecule has 0 atom stereocenters. The maximum absolute atomic E-state index is 12.5. The Balaban J connectivity index is 1.94. The van der Waals surface area contributed by atoms with E-state index in [0.29, 0.717) is 25.3 Å². The SMILES string of the molecule is CCCCNC(=O)CN1C(=O)NC2(CCC(C)CC2)C1=O. The summed E-state index contributed by atoms with van der Waals surface area (Å²) >= 11 is 0. The molecule has 4 amide bonds. The minimum Gasteiger partial charge on any atom is -0.355 e. The van der Waals surface area contributed by atoms with Crippen molar-refractivity contribution < 1.29 is 14.4 Å². The first-order chi connectivity index (χ1) is 9.98. The predicted molar refractivity (Wildman–Crippen MR) is 78.5 cm³/mol. The molecule has 2 N–H and O–H groups in total. The van der Waals surface area contributed by atoms with Gasteiger partial charge in [-0.3, -0.25) is 14.5 Å². The van der Waals surface area contributed by atoms with Gasteiger partial charge in [-0.15, -0.1) is 0 Å². The van der Waals surface area contributed by atoms with Crippen molar-refractivity contribution in [3.63, 3.8) is 0 Å². The van der Waals surface area contributed by atoms with Gasteiger partial charge in [0.1, 0.15) is 12.1 Å². The fraction of sp³-hybridized carbons (Fsp3) is 0.800.